The molecule has 3 aliphatic rings. The number of urea groups is 1. The van der Waals surface area contributed by atoms with E-state index in [1.54, 1.807) is 4.90 Å². The summed E-state index contributed by atoms with van der Waals surface area (Å²) in [5.74, 6) is -1.27. The van der Waals surface area contributed by atoms with Crippen LogP contribution in [0.15, 0.2) is 0 Å². The quantitative estimate of drug-likeness (QED) is 0.589. The highest BCUT2D eigenvalue weighted by atomic mass is 16.5. The second-order valence-electron chi connectivity index (χ2n) is 7.90. The maximum Gasteiger partial charge on any atom is 0.326 e. The van der Waals surface area contributed by atoms with E-state index >= 15 is 0 Å². The molecule has 0 radical (unpaired) electrons. The lowest BCUT2D eigenvalue weighted by Gasteiger charge is -2.36. The van der Waals surface area contributed by atoms with Gasteiger partial charge >= 0.3 is 12.0 Å². The number of amides is 4. The van der Waals surface area contributed by atoms with Crippen molar-refractivity contribution in [2.75, 3.05) is 26.2 Å². The molecule has 1 spiro atoms. The Kier molecular flexibility index (Phi) is 6.01. The van der Waals surface area contributed by atoms with Gasteiger partial charge < -0.3 is 15.0 Å². The fourth-order valence-electron chi connectivity index (χ4n) is 4.37. The first-order chi connectivity index (χ1) is 12.9. The molecule has 8 heteroatoms. The summed E-state index contributed by atoms with van der Waals surface area (Å²) in [6.45, 7) is 2.53. The minimum absolute atomic E-state index is 0.0355. The second kappa shape index (κ2) is 8.27. The molecule has 1 saturated carbocycles. The maximum atomic E-state index is 12.8. The van der Waals surface area contributed by atoms with Gasteiger partial charge in [0, 0.05) is 13.1 Å². The molecule has 8 nitrogen and oxygen atoms in total. The predicted molar refractivity (Wildman–Crippen MR) is 96.6 cm³/mol. The van der Waals surface area contributed by atoms with Gasteiger partial charge in [-0.3, -0.25) is 19.3 Å². The summed E-state index contributed by atoms with van der Waals surface area (Å²) in [4.78, 5) is 52.1. The van der Waals surface area contributed by atoms with E-state index in [1.807, 2.05) is 6.92 Å². The molecule has 1 N–H and O–H groups in total. The lowest BCUT2D eigenvalue weighted by molar-refractivity contribution is -0.154. The Morgan fingerprint density at radius 1 is 1.11 bits per heavy atom. The summed E-state index contributed by atoms with van der Waals surface area (Å²) < 4.78 is 5.06. The van der Waals surface area contributed by atoms with Crippen molar-refractivity contribution in [1.29, 1.82) is 0 Å². The molecule has 0 bridgehead atoms. The van der Waals surface area contributed by atoms with Crippen LogP contribution in [0.5, 0.6) is 0 Å². The van der Waals surface area contributed by atoms with Gasteiger partial charge in [-0.2, -0.15) is 0 Å². The van der Waals surface area contributed by atoms with E-state index in [0.29, 0.717) is 19.5 Å². The molecule has 0 aromatic carbocycles. The van der Waals surface area contributed by atoms with Gasteiger partial charge in [0.15, 0.2) is 6.61 Å². The van der Waals surface area contributed by atoms with E-state index in [4.69, 9.17) is 4.74 Å². The van der Waals surface area contributed by atoms with E-state index in [9.17, 15) is 19.2 Å². The SMILES string of the molecule is C[C@@H]1CCCC[C@@]12NC(=O)N(CC(=O)OCC(=O)N1CCCCCC1)C2=O. The molecule has 0 unspecified atom stereocenters. The first-order valence-electron chi connectivity index (χ1n) is 10.0. The third-order valence-corrected chi connectivity index (χ3v) is 6.10. The standard InChI is InChI=1S/C19H29N3O5/c1-14-8-4-5-9-19(14)17(25)22(18(26)20-19)12-16(24)27-13-15(23)21-10-6-2-3-7-11-21/h14H,2-13H2,1H3,(H,20,26)/t14-,19-/m1/s1. The van der Waals surface area contributed by atoms with Crippen LogP contribution in [-0.2, 0) is 19.1 Å². The van der Waals surface area contributed by atoms with E-state index in [2.05, 4.69) is 5.32 Å². The fourth-order valence-corrected chi connectivity index (χ4v) is 4.37. The average Bonchev–Trinajstić information content (AvgIpc) is 2.85. The Hall–Kier alpha value is -2.12. The summed E-state index contributed by atoms with van der Waals surface area (Å²) in [5.41, 5.74) is -0.891. The summed E-state index contributed by atoms with van der Waals surface area (Å²) in [7, 11) is 0. The van der Waals surface area contributed by atoms with Crippen LogP contribution in [0.25, 0.3) is 0 Å². The minimum atomic E-state index is -0.891. The largest absolute Gasteiger partial charge is 0.454 e. The first-order valence-corrected chi connectivity index (χ1v) is 10.0. The molecule has 2 atom stereocenters. The zero-order valence-electron chi connectivity index (χ0n) is 16.0. The van der Waals surface area contributed by atoms with Crippen molar-refractivity contribution in [3.05, 3.63) is 0 Å². The molecule has 1 aliphatic carbocycles. The molecule has 4 amide bonds. The third kappa shape index (κ3) is 4.09. The van der Waals surface area contributed by atoms with Gasteiger partial charge in [0.25, 0.3) is 11.8 Å². The van der Waals surface area contributed by atoms with Crippen LogP contribution in [0.4, 0.5) is 4.79 Å². The van der Waals surface area contributed by atoms with Crippen molar-refractivity contribution in [2.24, 2.45) is 5.92 Å². The monoisotopic (exact) mass is 379 g/mol. The Balaban J connectivity index is 1.52. The average molecular weight is 379 g/mol. The lowest BCUT2D eigenvalue weighted by atomic mass is 9.73. The highest BCUT2D eigenvalue weighted by Gasteiger charge is 2.55. The number of rotatable bonds is 4. The number of nitrogens with one attached hydrogen (secondary N) is 1. The zero-order valence-corrected chi connectivity index (χ0v) is 16.0. The van der Waals surface area contributed by atoms with Crippen LogP contribution in [0.1, 0.15) is 58.3 Å². The number of carbonyl (C=O) groups is 4. The number of imide groups is 1. The molecule has 2 saturated heterocycles. The van der Waals surface area contributed by atoms with E-state index in [-0.39, 0.29) is 24.3 Å². The lowest BCUT2D eigenvalue weighted by Crippen LogP contribution is -2.54. The summed E-state index contributed by atoms with van der Waals surface area (Å²) >= 11 is 0. The van der Waals surface area contributed by atoms with Gasteiger partial charge in [-0.25, -0.2) is 4.79 Å². The molecule has 27 heavy (non-hydrogen) atoms. The molecule has 2 heterocycles. The zero-order chi connectivity index (χ0) is 19.4. The number of hydrogen-bond acceptors (Lipinski definition) is 5. The van der Waals surface area contributed by atoms with Crippen LogP contribution in [-0.4, -0.2) is 65.4 Å². The first kappa shape index (κ1) is 19.6. The van der Waals surface area contributed by atoms with Gasteiger partial charge in [0.2, 0.25) is 0 Å². The molecule has 0 aromatic heterocycles. The van der Waals surface area contributed by atoms with Crippen LogP contribution >= 0.6 is 0 Å². The van der Waals surface area contributed by atoms with Crippen molar-refractivity contribution in [3.8, 4) is 0 Å². The van der Waals surface area contributed by atoms with Gasteiger partial charge in [-0.15, -0.1) is 0 Å². The van der Waals surface area contributed by atoms with Crippen molar-refractivity contribution in [2.45, 2.75) is 63.8 Å². The number of likely N-dealkylation sites (tertiary alicyclic amines) is 1. The highest BCUT2D eigenvalue weighted by Crippen LogP contribution is 2.38. The number of esters is 1. The summed E-state index contributed by atoms with van der Waals surface area (Å²) in [6, 6.07) is -0.551. The van der Waals surface area contributed by atoms with Crippen LogP contribution in [0.2, 0.25) is 0 Å². The van der Waals surface area contributed by atoms with Crippen LogP contribution in [0.3, 0.4) is 0 Å². The van der Waals surface area contributed by atoms with Gasteiger partial charge in [-0.05, 0) is 31.6 Å². The minimum Gasteiger partial charge on any atom is -0.454 e. The number of ether oxygens (including phenoxy) is 1. The van der Waals surface area contributed by atoms with Crippen molar-refractivity contribution in [1.82, 2.24) is 15.1 Å². The van der Waals surface area contributed by atoms with Gasteiger partial charge in [0.05, 0.1) is 0 Å². The Morgan fingerprint density at radius 3 is 2.48 bits per heavy atom. The molecule has 150 valence electrons. The van der Waals surface area contributed by atoms with Gasteiger partial charge in [0.1, 0.15) is 12.1 Å². The highest BCUT2D eigenvalue weighted by molar-refractivity contribution is 6.09. The normalized spacial score (nSPS) is 28.9. The van der Waals surface area contributed by atoms with Crippen molar-refractivity contribution < 1.29 is 23.9 Å². The Bertz CT molecular complexity index is 614. The van der Waals surface area contributed by atoms with E-state index in [1.165, 1.54) is 0 Å². The van der Waals surface area contributed by atoms with Gasteiger partial charge in [-0.1, -0.05) is 32.6 Å². The Labute approximate surface area is 159 Å². The fraction of sp³-hybridized carbons (Fsp3) is 0.789. The number of carbonyl (C=O) groups excluding carboxylic acids is 4. The van der Waals surface area contributed by atoms with E-state index < -0.39 is 24.1 Å². The molecule has 3 rings (SSSR count). The van der Waals surface area contributed by atoms with Crippen molar-refractivity contribution in [3.63, 3.8) is 0 Å². The number of hydrogen-bond donors (Lipinski definition) is 1. The molecular weight excluding hydrogens is 350 g/mol. The maximum absolute atomic E-state index is 12.8. The molecular formula is C19H29N3O5. The third-order valence-electron chi connectivity index (χ3n) is 6.10. The summed E-state index contributed by atoms with van der Waals surface area (Å²) in [6.07, 6.45) is 7.51. The topological polar surface area (TPSA) is 96.0 Å². The predicted octanol–water partition coefficient (Wildman–Crippen LogP) is 1.43. The molecule has 3 fully saturated rings. The summed E-state index contributed by atoms with van der Waals surface area (Å²) in [5, 5.41) is 2.80. The molecule has 2 aliphatic heterocycles. The smallest absolute Gasteiger partial charge is 0.326 e. The second-order valence-corrected chi connectivity index (χ2v) is 7.90. The number of nitrogens with zero attached hydrogens (tertiary/aromatic N) is 2. The Morgan fingerprint density at radius 2 is 1.81 bits per heavy atom. The van der Waals surface area contributed by atoms with Crippen LogP contribution < -0.4 is 5.32 Å². The van der Waals surface area contributed by atoms with Crippen molar-refractivity contribution >= 4 is 23.8 Å². The van der Waals surface area contributed by atoms with E-state index in [0.717, 1.165) is 49.8 Å². The van der Waals surface area contributed by atoms with Crippen LogP contribution in [0, 0.1) is 5.92 Å². The molecule has 0 aromatic rings.